The van der Waals surface area contributed by atoms with E-state index in [4.69, 9.17) is 25.5 Å². The molecule has 0 saturated heterocycles. The predicted octanol–water partition coefficient (Wildman–Crippen LogP) is 4.66. The van der Waals surface area contributed by atoms with Gasteiger partial charge in [-0.1, -0.05) is 11.6 Å². The summed E-state index contributed by atoms with van der Waals surface area (Å²) >= 11 is 6.13. The van der Waals surface area contributed by atoms with E-state index >= 15 is 0 Å². The molecule has 1 amide bonds. The van der Waals surface area contributed by atoms with E-state index in [-0.39, 0.29) is 11.7 Å². The molecule has 1 aromatic heterocycles. The summed E-state index contributed by atoms with van der Waals surface area (Å²) in [5, 5.41) is 4.00. The minimum Gasteiger partial charge on any atom is -0.497 e. The fraction of sp³-hybridized carbons (Fsp3) is 0.167. The van der Waals surface area contributed by atoms with Crippen LogP contribution < -0.4 is 14.8 Å². The number of ether oxygens (including phenoxy) is 2. The molecule has 0 unspecified atom stereocenters. The highest BCUT2D eigenvalue weighted by molar-refractivity contribution is 6.34. The Balaban J connectivity index is 1.96. The van der Waals surface area contributed by atoms with Crippen LogP contribution in [0.15, 0.2) is 40.8 Å². The molecular formula is C18H16ClNO4. The lowest BCUT2D eigenvalue weighted by Crippen LogP contribution is -2.12. The van der Waals surface area contributed by atoms with Gasteiger partial charge in [-0.25, -0.2) is 0 Å². The van der Waals surface area contributed by atoms with Crippen molar-refractivity contribution < 1.29 is 18.7 Å². The third-order valence-corrected chi connectivity index (χ3v) is 4.10. The number of carbonyl (C=O) groups excluding carboxylic acids is 1. The summed E-state index contributed by atoms with van der Waals surface area (Å²) in [5.74, 6) is 1.16. The van der Waals surface area contributed by atoms with E-state index in [2.05, 4.69) is 5.32 Å². The highest BCUT2D eigenvalue weighted by Crippen LogP contribution is 2.31. The van der Waals surface area contributed by atoms with Crippen molar-refractivity contribution in [1.29, 1.82) is 0 Å². The van der Waals surface area contributed by atoms with Gasteiger partial charge in [-0.05, 0) is 37.3 Å². The van der Waals surface area contributed by atoms with Gasteiger partial charge in [0, 0.05) is 17.0 Å². The van der Waals surface area contributed by atoms with E-state index in [0.29, 0.717) is 27.8 Å². The number of furan rings is 1. The Morgan fingerprint density at radius 2 is 1.75 bits per heavy atom. The van der Waals surface area contributed by atoms with Crippen molar-refractivity contribution >= 4 is 34.2 Å². The Kier molecular flexibility index (Phi) is 4.36. The largest absolute Gasteiger partial charge is 0.497 e. The Morgan fingerprint density at radius 1 is 1.08 bits per heavy atom. The molecule has 1 N–H and O–H groups in total. The molecular weight excluding hydrogens is 330 g/mol. The molecule has 24 heavy (non-hydrogen) atoms. The van der Waals surface area contributed by atoms with Gasteiger partial charge in [0.05, 0.1) is 24.9 Å². The minimum atomic E-state index is -0.377. The predicted molar refractivity (Wildman–Crippen MR) is 93.5 cm³/mol. The SMILES string of the molecule is COc1ccc(Cl)c(NC(=O)c2oc3ccc(OC)cc3c2C)c1. The maximum Gasteiger partial charge on any atom is 0.291 e. The summed E-state index contributed by atoms with van der Waals surface area (Å²) in [6.45, 7) is 1.83. The summed E-state index contributed by atoms with van der Waals surface area (Å²) in [5.41, 5.74) is 1.81. The number of aryl methyl sites for hydroxylation is 1. The number of benzene rings is 2. The number of halogens is 1. The lowest BCUT2D eigenvalue weighted by molar-refractivity contribution is 0.0998. The van der Waals surface area contributed by atoms with Crippen LogP contribution in [0.5, 0.6) is 11.5 Å². The molecule has 2 aromatic carbocycles. The number of amides is 1. The molecule has 124 valence electrons. The summed E-state index contributed by atoms with van der Waals surface area (Å²) in [6, 6.07) is 10.4. The van der Waals surface area contributed by atoms with Crippen LogP contribution in [0.2, 0.25) is 5.02 Å². The number of anilines is 1. The molecule has 0 aliphatic heterocycles. The minimum absolute atomic E-state index is 0.233. The number of hydrogen-bond acceptors (Lipinski definition) is 4. The molecule has 3 rings (SSSR count). The van der Waals surface area contributed by atoms with Crippen LogP contribution in [0.25, 0.3) is 11.0 Å². The quantitative estimate of drug-likeness (QED) is 0.746. The Hall–Kier alpha value is -2.66. The maximum absolute atomic E-state index is 12.6. The standard InChI is InChI=1S/C18H16ClNO4/c1-10-13-8-11(22-2)5-7-16(13)24-17(10)18(21)20-15-9-12(23-3)4-6-14(15)19/h4-9H,1-3H3,(H,20,21). The number of nitrogens with one attached hydrogen (secondary N) is 1. The molecule has 6 heteroatoms. The molecule has 0 aliphatic rings. The van der Waals surface area contributed by atoms with E-state index in [0.717, 1.165) is 10.9 Å². The monoisotopic (exact) mass is 345 g/mol. The average molecular weight is 346 g/mol. The second kappa shape index (κ2) is 6.45. The van der Waals surface area contributed by atoms with Gasteiger partial charge >= 0.3 is 0 Å². The fourth-order valence-corrected chi connectivity index (χ4v) is 2.61. The van der Waals surface area contributed by atoms with Crippen LogP contribution in [0.3, 0.4) is 0 Å². The highest BCUT2D eigenvalue weighted by atomic mass is 35.5. The second-order valence-electron chi connectivity index (χ2n) is 5.22. The number of methoxy groups -OCH3 is 2. The molecule has 0 fully saturated rings. The first-order chi connectivity index (χ1) is 11.5. The number of fused-ring (bicyclic) bond motifs is 1. The Labute approximate surface area is 144 Å². The van der Waals surface area contributed by atoms with Gasteiger partial charge in [0.15, 0.2) is 5.76 Å². The van der Waals surface area contributed by atoms with Crippen molar-refractivity contribution in [2.75, 3.05) is 19.5 Å². The first-order valence-electron chi connectivity index (χ1n) is 7.25. The van der Waals surface area contributed by atoms with Crippen LogP contribution >= 0.6 is 11.6 Å². The van der Waals surface area contributed by atoms with Crippen molar-refractivity contribution in [3.8, 4) is 11.5 Å². The van der Waals surface area contributed by atoms with Gasteiger partial charge in [0.25, 0.3) is 5.91 Å². The van der Waals surface area contributed by atoms with Crippen LogP contribution in [-0.2, 0) is 0 Å². The highest BCUT2D eigenvalue weighted by Gasteiger charge is 2.19. The van der Waals surface area contributed by atoms with Gasteiger partial charge in [0.2, 0.25) is 0 Å². The summed E-state index contributed by atoms with van der Waals surface area (Å²) in [4.78, 5) is 12.6. The first kappa shape index (κ1) is 16.2. The molecule has 1 heterocycles. The third-order valence-electron chi connectivity index (χ3n) is 3.77. The van der Waals surface area contributed by atoms with Gasteiger partial charge in [-0.2, -0.15) is 0 Å². The van der Waals surface area contributed by atoms with Gasteiger partial charge < -0.3 is 19.2 Å². The Bertz CT molecular complexity index is 917. The molecule has 5 nitrogen and oxygen atoms in total. The van der Waals surface area contributed by atoms with Crippen LogP contribution in [-0.4, -0.2) is 20.1 Å². The lowest BCUT2D eigenvalue weighted by Gasteiger charge is -2.08. The van der Waals surface area contributed by atoms with Crippen molar-refractivity contribution in [3.05, 3.63) is 52.7 Å². The average Bonchev–Trinajstić information content (AvgIpc) is 2.93. The zero-order chi connectivity index (χ0) is 17.3. The summed E-state index contributed by atoms with van der Waals surface area (Å²) < 4.78 is 16.0. The van der Waals surface area contributed by atoms with Crippen molar-refractivity contribution in [2.45, 2.75) is 6.92 Å². The maximum atomic E-state index is 12.6. The number of rotatable bonds is 4. The Morgan fingerprint density at radius 3 is 2.46 bits per heavy atom. The molecule has 0 bridgehead atoms. The molecule has 0 spiro atoms. The molecule has 0 radical (unpaired) electrons. The van der Waals surface area contributed by atoms with Crippen molar-refractivity contribution in [2.24, 2.45) is 0 Å². The van der Waals surface area contributed by atoms with Crippen LogP contribution in [0.4, 0.5) is 5.69 Å². The number of carbonyl (C=O) groups is 1. The molecule has 0 atom stereocenters. The van der Waals surface area contributed by atoms with E-state index in [9.17, 15) is 4.79 Å². The van der Waals surface area contributed by atoms with E-state index in [1.807, 2.05) is 13.0 Å². The number of hydrogen-bond donors (Lipinski definition) is 1. The van der Waals surface area contributed by atoms with Gasteiger partial charge in [-0.15, -0.1) is 0 Å². The smallest absolute Gasteiger partial charge is 0.291 e. The molecule has 0 aliphatic carbocycles. The first-order valence-corrected chi connectivity index (χ1v) is 7.63. The van der Waals surface area contributed by atoms with E-state index in [1.54, 1.807) is 44.6 Å². The summed E-state index contributed by atoms with van der Waals surface area (Å²) in [7, 11) is 3.14. The lowest BCUT2D eigenvalue weighted by atomic mass is 10.1. The van der Waals surface area contributed by atoms with Gasteiger partial charge in [0.1, 0.15) is 17.1 Å². The third kappa shape index (κ3) is 2.90. The van der Waals surface area contributed by atoms with Crippen molar-refractivity contribution in [3.63, 3.8) is 0 Å². The zero-order valence-electron chi connectivity index (χ0n) is 13.5. The second-order valence-corrected chi connectivity index (χ2v) is 5.63. The van der Waals surface area contributed by atoms with Crippen LogP contribution in [0.1, 0.15) is 16.1 Å². The normalized spacial score (nSPS) is 10.7. The molecule has 0 saturated carbocycles. The summed E-state index contributed by atoms with van der Waals surface area (Å²) in [6.07, 6.45) is 0. The van der Waals surface area contributed by atoms with Gasteiger partial charge in [-0.3, -0.25) is 4.79 Å². The van der Waals surface area contributed by atoms with Crippen LogP contribution in [0, 0.1) is 6.92 Å². The fourth-order valence-electron chi connectivity index (χ4n) is 2.45. The van der Waals surface area contributed by atoms with Crippen molar-refractivity contribution in [1.82, 2.24) is 0 Å². The molecule has 3 aromatic rings. The zero-order valence-corrected chi connectivity index (χ0v) is 14.2. The topological polar surface area (TPSA) is 60.7 Å². The van der Waals surface area contributed by atoms with E-state index in [1.165, 1.54) is 0 Å². The van der Waals surface area contributed by atoms with E-state index < -0.39 is 0 Å².